The first kappa shape index (κ1) is 13.5. The largest absolute Gasteiger partial charge is 0.396 e. The van der Waals surface area contributed by atoms with E-state index in [1.165, 1.54) is 12.1 Å². The number of nitrogens with two attached hydrogens (primary N) is 1. The lowest BCUT2D eigenvalue weighted by Gasteiger charge is -2.23. The third-order valence-electron chi connectivity index (χ3n) is 2.98. The first-order valence-corrected chi connectivity index (χ1v) is 6.32. The van der Waals surface area contributed by atoms with Crippen LogP contribution in [0.25, 0.3) is 0 Å². The summed E-state index contributed by atoms with van der Waals surface area (Å²) in [5.74, 6) is -0.230. The number of halogens is 2. The number of benzene rings is 1. The monoisotopic (exact) mass is 288 g/mol. The van der Waals surface area contributed by atoms with E-state index in [2.05, 4.69) is 5.32 Å². The Morgan fingerprint density at radius 3 is 2.56 bits per heavy atom. The summed E-state index contributed by atoms with van der Waals surface area (Å²) in [6.45, 7) is 3.10. The van der Waals surface area contributed by atoms with Gasteiger partial charge in [0.25, 0.3) is 5.91 Å². The molecule has 0 radical (unpaired) electrons. The zero-order valence-corrected chi connectivity index (χ0v) is 11.4. The summed E-state index contributed by atoms with van der Waals surface area (Å²) in [5, 5.41) is 3.48. The van der Waals surface area contributed by atoms with Gasteiger partial charge < -0.3 is 15.8 Å². The van der Waals surface area contributed by atoms with Crippen LogP contribution in [0, 0.1) is 0 Å². The number of anilines is 1. The quantitative estimate of drug-likeness (QED) is 0.822. The second-order valence-electron chi connectivity index (χ2n) is 4.67. The number of nitrogens with one attached hydrogen (secondary N) is 1. The number of carbonyl (C=O) groups excluding carboxylic acids is 1. The van der Waals surface area contributed by atoms with E-state index in [-0.39, 0.29) is 27.2 Å². The van der Waals surface area contributed by atoms with Crippen LogP contribution in [-0.4, -0.2) is 24.7 Å². The van der Waals surface area contributed by atoms with Crippen LogP contribution in [0.15, 0.2) is 12.1 Å². The first-order valence-electron chi connectivity index (χ1n) is 5.56. The third kappa shape index (κ3) is 2.71. The molecule has 98 valence electrons. The van der Waals surface area contributed by atoms with Crippen LogP contribution in [0.5, 0.6) is 0 Å². The van der Waals surface area contributed by atoms with Gasteiger partial charge in [-0.25, -0.2) is 0 Å². The Hall–Kier alpha value is -0.970. The van der Waals surface area contributed by atoms with Crippen LogP contribution >= 0.6 is 23.2 Å². The molecule has 1 aromatic carbocycles. The van der Waals surface area contributed by atoms with Crippen molar-refractivity contribution in [2.24, 2.45) is 0 Å². The van der Waals surface area contributed by atoms with Crippen molar-refractivity contribution in [1.29, 1.82) is 0 Å². The lowest BCUT2D eigenvalue weighted by Crippen LogP contribution is -2.46. The van der Waals surface area contributed by atoms with Gasteiger partial charge in [0.1, 0.15) is 0 Å². The minimum absolute atomic E-state index is 0.230. The van der Waals surface area contributed by atoms with E-state index >= 15 is 0 Å². The van der Waals surface area contributed by atoms with Crippen LogP contribution < -0.4 is 11.1 Å². The number of carbonyl (C=O) groups is 1. The second kappa shape index (κ2) is 4.96. The molecular formula is C12H14Cl2N2O2. The van der Waals surface area contributed by atoms with Crippen molar-refractivity contribution in [2.45, 2.75) is 18.9 Å². The molecule has 0 aliphatic carbocycles. The Balaban J connectivity index is 2.19. The van der Waals surface area contributed by atoms with Crippen LogP contribution in [-0.2, 0) is 4.74 Å². The predicted octanol–water partition coefficient (Wildman–Crippen LogP) is 2.48. The van der Waals surface area contributed by atoms with Gasteiger partial charge in [-0.1, -0.05) is 23.2 Å². The van der Waals surface area contributed by atoms with Crippen molar-refractivity contribution < 1.29 is 9.53 Å². The van der Waals surface area contributed by atoms with Gasteiger partial charge in [0.2, 0.25) is 0 Å². The van der Waals surface area contributed by atoms with Gasteiger partial charge in [0.15, 0.2) is 0 Å². The van der Waals surface area contributed by atoms with Crippen molar-refractivity contribution in [3.63, 3.8) is 0 Å². The minimum Gasteiger partial charge on any atom is -0.396 e. The summed E-state index contributed by atoms with van der Waals surface area (Å²) < 4.78 is 5.28. The molecule has 1 atom stereocenters. The average molecular weight is 289 g/mol. The Labute approximate surface area is 115 Å². The fourth-order valence-corrected chi connectivity index (χ4v) is 2.31. The van der Waals surface area contributed by atoms with Gasteiger partial charge in [0, 0.05) is 12.2 Å². The molecule has 6 heteroatoms. The Kier molecular flexibility index (Phi) is 3.71. The molecule has 0 aromatic heterocycles. The highest BCUT2D eigenvalue weighted by atomic mass is 35.5. The van der Waals surface area contributed by atoms with Gasteiger partial charge >= 0.3 is 0 Å². The van der Waals surface area contributed by atoms with Crippen LogP contribution in [0.3, 0.4) is 0 Å². The van der Waals surface area contributed by atoms with Crippen molar-refractivity contribution in [2.75, 3.05) is 18.9 Å². The van der Waals surface area contributed by atoms with E-state index < -0.39 is 0 Å². The Morgan fingerprint density at radius 2 is 2.06 bits per heavy atom. The van der Waals surface area contributed by atoms with Gasteiger partial charge in [-0.3, -0.25) is 4.79 Å². The maximum Gasteiger partial charge on any atom is 0.251 e. The van der Waals surface area contributed by atoms with Crippen LogP contribution in [0.2, 0.25) is 10.0 Å². The fourth-order valence-electron chi connectivity index (χ4n) is 1.83. The summed E-state index contributed by atoms with van der Waals surface area (Å²) in [4.78, 5) is 12.1. The lowest BCUT2D eigenvalue weighted by molar-refractivity contribution is 0.0890. The number of hydrogen-bond donors (Lipinski definition) is 2. The minimum atomic E-state index is -0.336. The van der Waals surface area contributed by atoms with Crippen molar-refractivity contribution in [3.05, 3.63) is 27.7 Å². The number of hydrogen-bond acceptors (Lipinski definition) is 3. The second-order valence-corrected chi connectivity index (χ2v) is 5.49. The maximum atomic E-state index is 12.1. The summed E-state index contributed by atoms with van der Waals surface area (Å²) >= 11 is 11.8. The highest BCUT2D eigenvalue weighted by molar-refractivity contribution is 6.39. The van der Waals surface area contributed by atoms with Gasteiger partial charge in [-0.15, -0.1) is 0 Å². The van der Waals surface area contributed by atoms with Gasteiger partial charge in [0.05, 0.1) is 27.9 Å². The normalized spacial score (nSPS) is 23.1. The topological polar surface area (TPSA) is 64.4 Å². The number of rotatable bonds is 2. The molecule has 1 aromatic rings. The molecule has 1 amide bonds. The summed E-state index contributed by atoms with van der Waals surface area (Å²) in [6.07, 6.45) is 0.787. The maximum absolute atomic E-state index is 12.1. The average Bonchev–Trinajstić information content (AvgIpc) is 2.71. The molecule has 1 fully saturated rings. The van der Waals surface area contributed by atoms with Gasteiger partial charge in [-0.2, -0.15) is 0 Å². The zero-order chi connectivity index (χ0) is 13.3. The van der Waals surface area contributed by atoms with Crippen molar-refractivity contribution >= 4 is 34.8 Å². The van der Waals surface area contributed by atoms with E-state index in [0.29, 0.717) is 18.8 Å². The molecule has 2 rings (SSSR count). The van der Waals surface area contributed by atoms with Gasteiger partial charge in [-0.05, 0) is 25.5 Å². The summed E-state index contributed by atoms with van der Waals surface area (Å²) in [7, 11) is 0. The first-order chi connectivity index (χ1) is 8.41. The summed E-state index contributed by atoms with van der Waals surface area (Å²) in [5.41, 5.74) is 5.97. The number of ether oxygens (including phenoxy) is 1. The number of amides is 1. The lowest BCUT2D eigenvalue weighted by atomic mass is 10.0. The fraction of sp³-hybridized carbons (Fsp3) is 0.417. The SMILES string of the molecule is CC1(NC(=O)c2cc(Cl)c(N)c(Cl)c2)CCOC1. The Morgan fingerprint density at radius 1 is 1.44 bits per heavy atom. The highest BCUT2D eigenvalue weighted by Gasteiger charge is 2.31. The van der Waals surface area contributed by atoms with Crippen molar-refractivity contribution in [1.82, 2.24) is 5.32 Å². The molecular weight excluding hydrogens is 275 g/mol. The number of nitrogen functional groups attached to an aromatic ring is 1. The molecule has 0 spiro atoms. The predicted molar refractivity (Wildman–Crippen MR) is 72.2 cm³/mol. The highest BCUT2D eigenvalue weighted by Crippen LogP contribution is 2.29. The third-order valence-corrected chi connectivity index (χ3v) is 3.60. The molecule has 3 N–H and O–H groups in total. The molecule has 1 saturated heterocycles. The van der Waals surface area contributed by atoms with Crippen LogP contribution in [0.1, 0.15) is 23.7 Å². The molecule has 0 bridgehead atoms. The molecule has 1 unspecified atom stereocenters. The van der Waals surface area contributed by atoms with E-state index in [0.717, 1.165) is 6.42 Å². The standard InChI is InChI=1S/C12H14Cl2N2O2/c1-12(2-3-18-6-12)16-11(17)7-4-8(13)10(15)9(14)5-7/h4-5H,2-3,6,15H2,1H3,(H,16,17). The molecule has 18 heavy (non-hydrogen) atoms. The molecule has 4 nitrogen and oxygen atoms in total. The molecule has 1 heterocycles. The smallest absolute Gasteiger partial charge is 0.251 e. The molecule has 1 aliphatic rings. The summed E-state index contributed by atoms with van der Waals surface area (Å²) in [6, 6.07) is 3.02. The molecule has 1 aliphatic heterocycles. The molecule has 0 saturated carbocycles. The Bertz CT molecular complexity index is 462. The van der Waals surface area contributed by atoms with E-state index in [1.807, 2.05) is 6.92 Å². The van der Waals surface area contributed by atoms with Crippen LogP contribution in [0.4, 0.5) is 5.69 Å². The van der Waals surface area contributed by atoms with E-state index in [1.54, 1.807) is 0 Å². The zero-order valence-electron chi connectivity index (χ0n) is 9.93. The van der Waals surface area contributed by atoms with E-state index in [4.69, 9.17) is 33.7 Å². The van der Waals surface area contributed by atoms with E-state index in [9.17, 15) is 4.79 Å². The van der Waals surface area contributed by atoms with Crippen molar-refractivity contribution in [3.8, 4) is 0 Å².